The Hall–Kier alpha value is -3.53. The van der Waals surface area contributed by atoms with E-state index in [0.29, 0.717) is 40.8 Å². The number of rotatable bonds is 6. The van der Waals surface area contributed by atoms with Crippen molar-refractivity contribution in [2.75, 3.05) is 27.9 Å². The SMILES string of the molecule is COc1cc(C(=O)C2CNC(c3ccc(C#N)cc3)=N2)cc(OC)c1OC. The molecule has 138 valence electrons. The first-order chi connectivity index (χ1) is 13.1. The zero-order valence-electron chi connectivity index (χ0n) is 15.3. The van der Waals surface area contributed by atoms with Gasteiger partial charge in [0, 0.05) is 17.7 Å². The molecule has 0 amide bonds. The van der Waals surface area contributed by atoms with Gasteiger partial charge in [0.15, 0.2) is 17.3 Å². The highest BCUT2D eigenvalue weighted by Gasteiger charge is 2.27. The van der Waals surface area contributed by atoms with Gasteiger partial charge in [0.25, 0.3) is 0 Å². The van der Waals surface area contributed by atoms with Crippen molar-refractivity contribution in [3.05, 3.63) is 53.1 Å². The highest BCUT2D eigenvalue weighted by molar-refractivity contribution is 6.07. The van der Waals surface area contributed by atoms with Crippen LogP contribution in [0.3, 0.4) is 0 Å². The van der Waals surface area contributed by atoms with Crippen molar-refractivity contribution >= 4 is 11.6 Å². The molecule has 0 radical (unpaired) electrons. The molecule has 0 aliphatic carbocycles. The second-order valence-corrected chi connectivity index (χ2v) is 5.84. The normalized spacial score (nSPS) is 15.3. The number of carbonyl (C=O) groups excluding carboxylic acids is 1. The number of hydrogen-bond acceptors (Lipinski definition) is 7. The van der Waals surface area contributed by atoms with Gasteiger partial charge in [-0.3, -0.25) is 9.79 Å². The van der Waals surface area contributed by atoms with Crippen LogP contribution in [0, 0.1) is 11.3 Å². The van der Waals surface area contributed by atoms with Gasteiger partial charge in [-0.2, -0.15) is 5.26 Å². The number of Topliss-reactive ketones (excluding diaryl/α,β-unsaturated/α-hetero) is 1. The first-order valence-corrected chi connectivity index (χ1v) is 8.27. The molecule has 1 aliphatic heterocycles. The summed E-state index contributed by atoms with van der Waals surface area (Å²) in [4.78, 5) is 17.4. The van der Waals surface area contributed by atoms with E-state index in [0.717, 1.165) is 5.56 Å². The van der Waals surface area contributed by atoms with Gasteiger partial charge in [-0.15, -0.1) is 0 Å². The zero-order chi connectivity index (χ0) is 19.4. The molecule has 1 N–H and O–H groups in total. The molecule has 0 fully saturated rings. The third kappa shape index (κ3) is 3.55. The molecule has 2 aromatic carbocycles. The number of benzene rings is 2. The van der Waals surface area contributed by atoms with Crippen molar-refractivity contribution in [2.45, 2.75) is 6.04 Å². The standard InChI is InChI=1S/C20H19N3O4/c1-25-16-8-14(9-17(26-2)19(16)27-3)18(24)15-11-22-20(23-15)13-6-4-12(10-21)5-7-13/h4-9,15H,11H2,1-3H3,(H,22,23). The molecular formula is C20H19N3O4. The highest BCUT2D eigenvalue weighted by atomic mass is 16.5. The number of aliphatic imine (C=N–C) groups is 1. The molecular weight excluding hydrogens is 346 g/mol. The maximum Gasteiger partial charge on any atom is 0.203 e. The summed E-state index contributed by atoms with van der Waals surface area (Å²) >= 11 is 0. The van der Waals surface area contributed by atoms with Gasteiger partial charge in [0.1, 0.15) is 11.9 Å². The Morgan fingerprint density at radius 1 is 1.11 bits per heavy atom. The zero-order valence-corrected chi connectivity index (χ0v) is 15.3. The van der Waals surface area contributed by atoms with Crippen molar-refractivity contribution in [1.29, 1.82) is 5.26 Å². The van der Waals surface area contributed by atoms with Crippen LogP contribution in [0.1, 0.15) is 21.5 Å². The molecule has 1 atom stereocenters. The molecule has 1 unspecified atom stereocenters. The lowest BCUT2D eigenvalue weighted by atomic mass is 10.0. The Kier molecular flexibility index (Phi) is 5.27. The number of hydrogen-bond donors (Lipinski definition) is 1. The Morgan fingerprint density at radius 3 is 2.26 bits per heavy atom. The number of carbonyl (C=O) groups is 1. The molecule has 0 saturated carbocycles. The van der Waals surface area contributed by atoms with Crippen LogP contribution in [0.25, 0.3) is 0 Å². The van der Waals surface area contributed by atoms with E-state index in [1.807, 2.05) is 0 Å². The molecule has 0 aromatic heterocycles. The van der Waals surface area contributed by atoms with Crippen LogP contribution in [0.15, 0.2) is 41.4 Å². The molecule has 3 rings (SSSR count). The third-order valence-corrected chi connectivity index (χ3v) is 4.29. The van der Waals surface area contributed by atoms with E-state index in [1.165, 1.54) is 21.3 Å². The summed E-state index contributed by atoms with van der Waals surface area (Å²) < 4.78 is 15.9. The minimum absolute atomic E-state index is 0.148. The van der Waals surface area contributed by atoms with E-state index in [-0.39, 0.29) is 5.78 Å². The minimum atomic E-state index is -0.557. The second kappa shape index (κ2) is 7.79. The molecule has 27 heavy (non-hydrogen) atoms. The van der Waals surface area contributed by atoms with Crippen molar-refractivity contribution in [2.24, 2.45) is 4.99 Å². The molecule has 2 aromatic rings. The fraction of sp³-hybridized carbons (Fsp3) is 0.250. The van der Waals surface area contributed by atoms with E-state index in [9.17, 15) is 4.79 Å². The van der Waals surface area contributed by atoms with Gasteiger partial charge in [0.2, 0.25) is 5.75 Å². The highest BCUT2D eigenvalue weighted by Crippen LogP contribution is 2.38. The number of nitrogens with one attached hydrogen (secondary N) is 1. The van der Waals surface area contributed by atoms with E-state index in [2.05, 4.69) is 16.4 Å². The second-order valence-electron chi connectivity index (χ2n) is 5.84. The van der Waals surface area contributed by atoms with Crippen LogP contribution < -0.4 is 19.5 Å². The van der Waals surface area contributed by atoms with E-state index in [1.54, 1.807) is 36.4 Å². The average Bonchev–Trinajstić information content (AvgIpc) is 3.22. The van der Waals surface area contributed by atoms with E-state index in [4.69, 9.17) is 19.5 Å². The van der Waals surface area contributed by atoms with Crippen LogP contribution >= 0.6 is 0 Å². The first kappa shape index (κ1) is 18.3. The number of nitriles is 1. The fourth-order valence-electron chi connectivity index (χ4n) is 2.89. The predicted octanol–water partition coefficient (Wildman–Crippen LogP) is 2.19. The van der Waals surface area contributed by atoms with Gasteiger partial charge in [0.05, 0.1) is 33.0 Å². The quantitative estimate of drug-likeness (QED) is 0.789. The van der Waals surface area contributed by atoms with E-state index < -0.39 is 6.04 Å². The lowest BCUT2D eigenvalue weighted by molar-refractivity contribution is 0.0966. The van der Waals surface area contributed by atoms with Crippen molar-refractivity contribution in [3.63, 3.8) is 0 Å². The monoisotopic (exact) mass is 365 g/mol. The Labute approximate surface area is 157 Å². The Morgan fingerprint density at radius 2 is 1.74 bits per heavy atom. The molecule has 0 spiro atoms. The summed E-state index contributed by atoms with van der Waals surface area (Å²) in [6, 6.07) is 11.8. The van der Waals surface area contributed by atoms with Gasteiger partial charge in [-0.1, -0.05) is 0 Å². The number of methoxy groups -OCH3 is 3. The van der Waals surface area contributed by atoms with Crippen LogP contribution in [-0.2, 0) is 0 Å². The van der Waals surface area contributed by atoms with Gasteiger partial charge < -0.3 is 19.5 Å². The van der Waals surface area contributed by atoms with E-state index >= 15 is 0 Å². The van der Waals surface area contributed by atoms with Gasteiger partial charge in [-0.25, -0.2) is 0 Å². The first-order valence-electron chi connectivity index (χ1n) is 8.27. The third-order valence-electron chi connectivity index (χ3n) is 4.29. The lowest BCUT2D eigenvalue weighted by Crippen LogP contribution is -2.26. The Balaban J connectivity index is 1.88. The summed E-state index contributed by atoms with van der Waals surface area (Å²) in [6.45, 7) is 0.394. The average molecular weight is 365 g/mol. The molecule has 1 aliphatic rings. The maximum absolute atomic E-state index is 12.9. The molecule has 7 nitrogen and oxygen atoms in total. The summed E-state index contributed by atoms with van der Waals surface area (Å²) in [5.41, 5.74) is 1.83. The molecule has 0 saturated heterocycles. The van der Waals surface area contributed by atoms with Crippen LogP contribution in [0.2, 0.25) is 0 Å². The Bertz CT molecular complexity index is 904. The van der Waals surface area contributed by atoms with Crippen molar-refractivity contribution in [1.82, 2.24) is 5.32 Å². The fourth-order valence-corrected chi connectivity index (χ4v) is 2.89. The molecule has 7 heteroatoms. The van der Waals surface area contributed by atoms with Crippen LogP contribution in [0.5, 0.6) is 17.2 Å². The number of ether oxygens (including phenoxy) is 3. The van der Waals surface area contributed by atoms with Crippen molar-refractivity contribution < 1.29 is 19.0 Å². The number of amidine groups is 1. The lowest BCUT2D eigenvalue weighted by Gasteiger charge is -2.14. The smallest absolute Gasteiger partial charge is 0.203 e. The maximum atomic E-state index is 12.9. The summed E-state index contributed by atoms with van der Waals surface area (Å²) in [7, 11) is 4.52. The summed E-state index contributed by atoms with van der Waals surface area (Å²) in [5.74, 6) is 1.75. The predicted molar refractivity (Wildman–Crippen MR) is 99.9 cm³/mol. The van der Waals surface area contributed by atoms with Gasteiger partial charge in [-0.05, 0) is 36.4 Å². The summed E-state index contributed by atoms with van der Waals surface area (Å²) in [6.07, 6.45) is 0. The van der Waals surface area contributed by atoms with Crippen LogP contribution in [-0.4, -0.2) is 45.5 Å². The summed E-state index contributed by atoms with van der Waals surface area (Å²) in [5, 5.41) is 12.0. The minimum Gasteiger partial charge on any atom is -0.493 e. The number of ketones is 1. The van der Waals surface area contributed by atoms with Crippen LogP contribution in [0.4, 0.5) is 0 Å². The number of nitrogens with zero attached hydrogens (tertiary/aromatic N) is 2. The molecule has 0 bridgehead atoms. The molecule has 1 heterocycles. The van der Waals surface area contributed by atoms with Crippen molar-refractivity contribution in [3.8, 4) is 23.3 Å². The topological polar surface area (TPSA) is 92.9 Å². The largest absolute Gasteiger partial charge is 0.493 e. The van der Waals surface area contributed by atoms with Gasteiger partial charge >= 0.3 is 0 Å².